The molecule has 4 heteroatoms. The van der Waals surface area contributed by atoms with Crippen LogP contribution in [0.25, 0.3) is 10.9 Å². The molecule has 19 heavy (non-hydrogen) atoms. The van der Waals surface area contributed by atoms with Crippen molar-refractivity contribution in [3.8, 4) is 0 Å². The van der Waals surface area contributed by atoms with E-state index in [1.165, 1.54) is 10.9 Å². The van der Waals surface area contributed by atoms with Crippen LogP contribution in [0.1, 0.15) is 17.7 Å². The van der Waals surface area contributed by atoms with Crippen LogP contribution >= 0.6 is 12.4 Å². The third-order valence-electron chi connectivity index (χ3n) is 2.93. The first-order valence-electron chi connectivity index (χ1n) is 6.31. The van der Waals surface area contributed by atoms with Gasteiger partial charge in [0.25, 0.3) is 0 Å². The number of methoxy groups -OCH3 is 1. The predicted molar refractivity (Wildman–Crippen MR) is 83.4 cm³/mol. The van der Waals surface area contributed by atoms with Gasteiger partial charge in [0.1, 0.15) is 0 Å². The van der Waals surface area contributed by atoms with Crippen LogP contribution in [0.15, 0.2) is 24.3 Å². The molecule has 1 heterocycles. The average molecular weight is 281 g/mol. The second kappa shape index (κ2) is 7.31. The van der Waals surface area contributed by atoms with Gasteiger partial charge in [0.2, 0.25) is 0 Å². The Labute approximate surface area is 120 Å². The maximum absolute atomic E-state index is 5.06. The number of anilines is 1. The summed E-state index contributed by atoms with van der Waals surface area (Å²) < 4.78 is 5.06. The maximum atomic E-state index is 5.06. The SMILES string of the molecule is COCCCNc1cc(C)nc2ccc(C)cc12.Cl. The standard InChI is InChI=1S/C15H20N2O.ClH/c1-11-5-6-14-13(9-11)15(10-12(2)17-14)16-7-4-8-18-3;/h5-6,9-10H,4,7-8H2,1-3H3,(H,16,17);1H. The molecule has 0 unspecified atom stereocenters. The van der Waals surface area contributed by atoms with Gasteiger partial charge < -0.3 is 10.1 Å². The van der Waals surface area contributed by atoms with Crippen LogP contribution in [0.4, 0.5) is 5.69 Å². The van der Waals surface area contributed by atoms with E-state index in [4.69, 9.17) is 4.74 Å². The van der Waals surface area contributed by atoms with Crippen LogP contribution in [0.2, 0.25) is 0 Å². The van der Waals surface area contributed by atoms with Gasteiger partial charge in [0.05, 0.1) is 5.52 Å². The highest BCUT2D eigenvalue weighted by atomic mass is 35.5. The maximum Gasteiger partial charge on any atom is 0.0726 e. The predicted octanol–water partition coefficient (Wildman–Crippen LogP) is 3.72. The fraction of sp³-hybridized carbons (Fsp3) is 0.400. The summed E-state index contributed by atoms with van der Waals surface area (Å²) in [5.41, 5.74) is 4.51. The third-order valence-corrected chi connectivity index (χ3v) is 2.93. The van der Waals surface area contributed by atoms with Crippen LogP contribution in [0, 0.1) is 13.8 Å². The number of aryl methyl sites for hydroxylation is 2. The summed E-state index contributed by atoms with van der Waals surface area (Å²) in [6.45, 7) is 5.84. The molecule has 2 aromatic rings. The molecule has 1 aromatic carbocycles. The van der Waals surface area contributed by atoms with Crippen molar-refractivity contribution in [3.05, 3.63) is 35.5 Å². The molecule has 3 nitrogen and oxygen atoms in total. The molecule has 0 saturated carbocycles. The number of hydrogen-bond donors (Lipinski definition) is 1. The Hall–Kier alpha value is -1.32. The second-order valence-corrected chi connectivity index (χ2v) is 4.60. The molecule has 0 saturated heterocycles. The van der Waals surface area contributed by atoms with E-state index in [1.807, 2.05) is 6.92 Å². The highest BCUT2D eigenvalue weighted by Gasteiger charge is 2.03. The summed E-state index contributed by atoms with van der Waals surface area (Å²) in [5, 5.41) is 4.66. The van der Waals surface area contributed by atoms with Crippen molar-refractivity contribution in [2.45, 2.75) is 20.3 Å². The molecule has 0 amide bonds. The molecule has 1 N–H and O–H groups in total. The molecule has 0 aliphatic rings. The molecule has 0 spiro atoms. The lowest BCUT2D eigenvalue weighted by molar-refractivity contribution is 0.198. The lowest BCUT2D eigenvalue weighted by Crippen LogP contribution is -2.05. The van der Waals surface area contributed by atoms with Crippen molar-refractivity contribution in [2.75, 3.05) is 25.6 Å². The fourth-order valence-electron chi connectivity index (χ4n) is 2.06. The highest BCUT2D eigenvalue weighted by Crippen LogP contribution is 2.24. The average Bonchev–Trinajstić information content (AvgIpc) is 2.35. The number of nitrogens with zero attached hydrogens (tertiary/aromatic N) is 1. The first-order valence-corrected chi connectivity index (χ1v) is 6.31. The zero-order valence-electron chi connectivity index (χ0n) is 11.7. The van der Waals surface area contributed by atoms with Gasteiger partial charge >= 0.3 is 0 Å². The molecule has 0 radical (unpaired) electrons. The lowest BCUT2D eigenvalue weighted by atomic mass is 10.1. The van der Waals surface area contributed by atoms with E-state index in [9.17, 15) is 0 Å². The number of aromatic nitrogens is 1. The van der Waals surface area contributed by atoms with Gasteiger partial charge in [-0.3, -0.25) is 4.98 Å². The summed E-state index contributed by atoms with van der Waals surface area (Å²) >= 11 is 0. The minimum Gasteiger partial charge on any atom is -0.385 e. The van der Waals surface area contributed by atoms with Crippen LogP contribution in [-0.4, -0.2) is 25.2 Å². The summed E-state index contributed by atoms with van der Waals surface area (Å²) in [5.74, 6) is 0. The Balaban J connectivity index is 0.00000180. The molecule has 0 bridgehead atoms. The highest BCUT2D eigenvalue weighted by molar-refractivity contribution is 5.91. The number of rotatable bonds is 5. The molecule has 104 valence electrons. The Morgan fingerprint density at radius 2 is 2.00 bits per heavy atom. The molecule has 2 rings (SSSR count). The quantitative estimate of drug-likeness (QED) is 0.848. The molecule has 1 aromatic heterocycles. The van der Waals surface area contributed by atoms with E-state index in [0.29, 0.717) is 0 Å². The summed E-state index contributed by atoms with van der Waals surface area (Å²) in [4.78, 5) is 4.56. The van der Waals surface area contributed by atoms with Gasteiger partial charge in [-0.2, -0.15) is 0 Å². The Bertz CT molecular complexity index is 543. The van der Waals surface area contributed by atoms with Crippen LogP contribution in [0.3, 0.4) is 0 Å². The van der Waals surface area contributed by atoms with Gasteiger partial charge in [0.15, 0.2) is 0 Å². The molecular weight excluding hydrogens is 260 g/mol. The van der Waals surface area contributed by atoms with E-state index in [-0.39, 0.29) is 12.4 Å². The number of benzene rings is 1. The van der Waals surface area contributed by atoms with Gasteiger partial charge in [0, 0.05) is 37.0 Å². The lowest BCUT2D eigenvalue weighted by Gasteiger charge is -2.11. The van der Waals surface area contributed by atoms with Crippen LogP contribution in [-0.2, 0) is 4.74 Å². The largest absolute Gasteiger partial charge is 0.385 e. The van der Waals surface area contributed by atoms with Gasteiger partial charge in [-0.1, -0.05) is 11.6 Å². The number of hydrogen-bond acceptors (Lipinski definition) is 3. The van der Waals surface area contributed by atoms with E-state index in [0.717, 1.165) is 36.5 Å². The second-order valence-electron chi connectivity index (χ2n) is 4.60. The molecular formula is C15H21ClN2O. The van der Waals surface area contributed by atoms with Gasteiger partial charge in [-0.05, 0) is 38.5 Å². The zero-order chi connectivity index (χ0) is 13.0. The first kappa shape index (κ1) is 15.7. The summed E-state index contributed by atoms with van der Waals surface area (Å²) in [7, 11) is 1.73. The number of pyridine rings is 1. The van der Waals surface area contributed by atoms with E-state index in [2.05, 4.69) is 41.5 Å². The molecule has 0 fully saturated rings. The topological polar surface area (TPSA) is 34.1 Å². The van der Waals surface area contributed by atoms with E-state index < -0.39 is 0 Å². The Morgan fingerprint density at radius 1 is 1.21 bits per heavy atom. The van der Waals surface area contributed by atoms with Crippen molar-refractivity contribution in [1.82, 2.24) is 4.98 Å². The van der Waals surface area contributed by atoms with Gasteiger partial charge in [-0.25, -0.2) is 0 Å². The number of ether oxygens (including phenoxy) is 1. The van der Waals surface area contributed by atoms with E-state index >= 15 is 0 Å². The normalized spacial score (nSPS) is 10.3. The first-order chi connectivity index (χ1) is 8.70. The van der Waals surface area contributed by atoms with Crippen LogP contribution in [0.5, 0.6) is 0 Å². The number of nitrogens with one attached hydrogen (secondary N) is 1. The van der Waals surface area contributed by atoms with Crippen LogP contribution < -0.4 is 5.32 Å². The molecule has 0 aliphatic carbocycles. The smallest absolute Gasteiger partial charge is 0.0726 e. The summed E-state index contributed by atoms with van der Waals surface area (Å²) in [6.07, 6.45) is 1.01. The Kier molecular flexibility index (Phi) is 6.06. The minimum atomic E-state index is 0. The third kappa shape index (κ3) is 4.08. The van der Waals surface area contributed by atoms with E-state index in [1.54, 1.807) is 7.11 Å². The zero-order valence-corrected chi connectivity index (χ0v) is 12.5. The molecule has 0 aliphatic heterocycles. The Morgan fingerprint density at radius 3 is 2.74 bits per heavy atom. The fourth-order valence-corrected chi connectivity index (χ4v) is 2.06. The van der Waals surface area contributed by atoms with Crippen molar-refractivity contribution < 1.29 is 4.74 Å². The summed E-state index contributed by atoms with van der Waals surface area (Å²) in [6, 6.07) is 8.47. The van der Waals surface area contributed by atoms with Crippen molar-refractivity contribution in [2.24, 2.45) is 0 Å². The monoisotopic (exact) mass is 280 g/mol. The minimum absolute atomic E-state index is 0. The van der Waals surface area contributed by atoms with Crippen molar-refractivity contribution in [1.29, 1.82) is 0 Å². The van der Waals surface area contributed by atoms with Crippen molar-refractivity contribution >= 4 is 29.0 Å². The van der Waals surface area contributed by atoms with Gasteiger partial charge in [-0.15, -0.1) is 12.4 Å². The molecule has 0 atom stereocenters. The number of halogens is 1. The number of fused-ring (bicyclic) bond motifs is 1. The van der Waals surface area contributed by atoms with Crippen molar-refractivity contribution in [3.63, 3.8) is 0 Å².